The number of halogens is 1. The fourth-order valence-corrected chi connectivity index (χ4v) is 2.93. The van der Waals surface area contributed by atoms with Gasteiger partial charge in [0.15, 0.2) is 0 Å². The van der Waals surface area contributed by atoms with E-state index >= 15 is 0 Å². The molecule has 1 atom stereocenters. The van der Waals surface area contributed by atoms with Gasteiger partial charge in [0.1, 0.15) is 5.75 Å². The SMILES string of the molecule is CN1CC[C@H](NC(=O)c2ccc(Oc3cccc(Br)c3)nc2)C1. The number of hydrogen-bond donors (Lipinski definition) is 1. The van der Waals surface area contributed by atoms with E-state index in [0.717, 1.165) is 24.0 Å². The van der Waals surface area contributed by atoms with E-state index in [0.29, 0.717) is 17.2 Å². The number of pyridine rings is 1. The molecule has 1 amide bonds. The van der Waals surface area contributed by atoms with Gasteiger partial charge < -0.3 is 15.0 Å². The molecular weight excluding hydrogens is 358 g/mol. The van der Waals surface area contributed by atoms with Crippen molar-refractivity contribution in [1.29, 1.82) is 0 Å². The molecule has 1 aliphatic rings. The van der Waals surface area contributed by atoms with Crippen LogP contribution in [-0.4, -0.2) is 42.0 Å². The summed E-state index contributed by atoms with van der Waals surface area (Å²) in [5, 5.41) is 3.03. The van der Waals surface area contributed by atoms with Gasteiger partial charge in [-0.3, -0.25) is 4.79 Å². The number of nitrogens with zero attached hydrogens (tertiary/aromatic N) is 2. The van der Waals surface area contributed by atoms with Crippen molar-refractivity contribution >= 4 is 21.8 Å². The largest absolute Gasteiger partial charge is 0.439 e. The van der Waals surface area contributed by atoms with E-state index < -0.39 is 0 Å². The minimum absolute atomic E-state index is 0.0909. The Morgan fingerprint density at radius 3 is 2.91 bits per heavy atom. The van der Waals surface area contributed by atoms with Gasteiger partial charge in [-0.2, -0.15) is 0 Å². The molecule has 1 N–H and O–H groups in total. The molecule has 3 rings (SSSR count). The average Bonchev–Trinajstić information content (AvgIpc) is 2.93. The number of nitrogens with one attached hydrogen (secondary N) is 1. The highest BCUT2D eigenvalue weighted by molar-refractivity contribution is 9.10. The summed E-state index contributed by atoms with van der Waals surface area (Å²) in [5.74, 6) is 1.06. The molecule has 1 saturated heterocycles. The van der Waals surface area contributed by atoms with Gasteiger partial charge in [0.25, 0.3) is 5.91 Å². The van der Waals surface area contributed by atoms with Crippen molar-refractivity contribution in [1.82, 2.24) is 15.2 Å². The van der Waals surface area contributed by atoms with Crippen molar-refractivity contribution in [2.45, 2.75) is 12.5 Å². The van der Waals surface area contributed by atoms with Crippen molar-refractivity contribution in [3.63, 3.8) is 0 Å². The first-order valence-corrected chi connectivity index (χ1v) is 8.28. The first-order chi connectivity index (χ1) is 11.1. The molecule has 0 aliphatic carbocycles. The molecule has 0 spiro atoms. The van der Waals surface area contributed by atoms with Crippen LogP contribution in [0.4, 0.5) is 0 Å². The molecule has 5 nitrogen and oxygen atoms in total. The zero-order valence-electron chi connectivity index (χ0n) is 12.8. The van der Waals surface area contributed by atoms with E-state index in [4.69, 9.17) is 4.74 Å². The summed E-state index contributed by atoms with van der Waals surface area (Å²) < 4.78 is 6.60. The summed E-state index contributed by atoms with van der Waals surface area (Å²) in [6.45, 7) is 1.91. The minimum atomic E-state index is -0.0909. The molecule has 1 aromatic heterocycles. The number of aromatic nitrogens is 1. The third-order valence-electron chi connectivity index (χ3n) is 3.74. The Labute approximate surface area is 143 Å². The monoisotopic (exact) mass is 375 g/mol. The average molecular weight is 376 g/mol. The van der Waals surface area contributed by atoms with Gasteiger partial charge in [-0.05, 0) is 44.3 Å². The smallest absolute Gasteiger partial charge is 0.253 e. The van der Waals surface area contributed by atoms with Gasteiger partial charge >= 0.3 is 0 Å². The molecule has 23 heavy (non-hydrogen) atoms. The summed E-state index contributed by atoms with van der Waals surface area (Å²) in [4.78, 5) is 18.6. The normalized spacial score (nSPS) is 17.9. The lowest BCUT2D eigenvalue weighted by molar-refractivity contribution is 0.0938. The van der Waals surface area contributed by atoms with Crippen molar-refractivity contribution < 1.29 is 9.53 Å². The van der Waals surface area contributed by atoms with Gasteiger partial charge in [0, 0.05) is 29.3 Å². The molecule has 1 aromatic carbocycles. The fraction of sp³-hybridized carbons (Fsp3) is 0.294. The number of ether oxygens (including phenoxy) is 1. The maximum Gasteiger partial charge on any atom is 0.253 e. The molecule has 6 heteroatoms. The van der Waals surface area contributed by atoms with Crippen LogP contribution in [0.3, 0.4) is 0 Å². The lowest BCUT2D eigenvalue weighted by Gasteiger charge is -2.13. The Kier molecular flexibility index (Phi) is 4.93. The third kappa shape index (κ3) is 4.30. The molecule has 0 unspecified atom stereocenters. The number of carbonyl (C=O) groups is 1. The lowest BCUT2D eigenvalue weighted by atomic mass is 10.2. The molecule has 2 aromatic rings. The van der Waals surface area contributed by atoms with E-state index in [-0.39, 0.29) is 11.9 Å². The van der Waals surface area contributed by atoms with Gasteiger partial charge in [0.05, 0.1) is 5.56 Å². The maximum atomic E-state index is 12.2. The van der Waals surface area contributed by atoms with Gasteiger partial charge in [-0.25, -0.2) is 4.98 Å². The zero-order valence-corrected chi connectivity index (χ0v) is 14.4. The first kappa shape index (κ1) is 16.0. The summed E-state index contributed by atoms with van der Waals surface area (Å²) >= 11 is 3.40. The topological polar surface area (TPSA) is 54.5 Å². The summed E-state index contributed by atoms with van der Waals surface area (Å²) in [5.41, 5.74) is 0.543. The standard InChI is InChI=1S/C17H18BrN3O2/c1-21-8-7-14(11-21)20-17(22)12-5-6-16(19-10-12)23-15-4-2-3-13(18)9-15/h2-6,9-10,14H,7-8,11H2,1H3,(H,20,22)/t14-/m0/s1. The molecule has 0 saturated carbocycles. The number of benzene rings is 1. The van der Waals surface area contributed by atoms with Crippen molar-refractivity contribution in [3.05, 3.63) is 52.6 Å². The van der Waals surface area contributed by atoms with E-state index in [2.05, 4.69) is 38.2 Å². The Balaban J connectivity index is 1.61. The van der Waals surface area contributed by atoms with Crippen LogP contribution in [0.5, 0.6) is 11.6 Å². The second-order valence-electron chi connectivity index (χ2n) is 5.67. The van der Waals surface area contributed by atoms with Crippen molar-refractivity contribution in [3.8, 4) is 11.6 Å². The fourth-order valence-electron chi connectivity index (χ4n) is 2.55. The van der Waals surface area contributed by atoms with Gasteiger partial charge in [0.2, 0.25) is 5.88 Å². The Bertz CT molecular complexity index is 690. The van der Waals surface area contributed by atoms with E-state index in [1.54, 1.807) is 18.3 Å². The second kappa shape index (κ2) is 7.10. The third-order valence-corrected chi connectivity index (χ3v) is 4.24. The van der Waals surface area contributed by atoms with Crippen LogP contribution in [0.25, 0.3) is 0 Å². The van der Waals surface area contributed by atoms with Crippen LogP contribution in [-0.2, 0) is 0 Å². The van der Waals surface area contributed by atoms with Crippen LogP contribution in [0.1, 0.15) is 16.8 Å². The number of carbonyl (C=O) groups excluding carboxylic acids is 1. The van der Waals surface area contributed by atoms with E-state index in [9.17, 15) is 4.79 Å². The summed E-state index contributed by atoms with van der Waals surface area (Å²) in [7, 11) is 2.06. The Morgan fingerprint density at radius 2 is 2.26 bits per heavy atom. The maximum absolute atomic E-state index is 12.2. The highest BCUT2D eigenvalue weighted by Crippen LogP contribution is 2.23. The zero-order chi connectivity index (χ0) is 16.2. The lowest BCUT2D eigenvalue weighted by Crippen LogP contribution is -2.36. The highest BCUT2D eigenvalue weighted by Gasteiger charge is 2.21. The molecule has 0 bridgehead atoms. The number of likely N-dealkylation sites (tertiary alicyclic amines) is 1. The number of amides is 1. The Morgan fingerprint density at radius 1 is 1.39 bits per heavy atom. The molecular formula is C17H18BrN3O2. The molecule has 2 heterocycles. The van der Waals surface area contributed by atoms with Crippen LogP contribution < -0.4 is 10.1 Å². The predicted octanol–water partition coefficient (Wildman–Crippen LogP) is 3.07. The molecule has 120 valence electrons. The Hall–Kier alpha value is -1.92. The van der Waals surface area contributed by atoms with E-state index in [1.165, 1.54) is 0 Å². The van der Waals surface area contributed by atoms with Crippen LogP contribution >= 0.6 is 15.9 Å². The van der Waals surface area contributed by atoms with Gasteiger partial charge in [-0.1, -0.05) is 22.0 Å². The second-order valence-corrected chi connectivity index (χ2v) is 6.58. The predicted molar refractivity (Wildman–Crippen MR) is 91.8 cm³/mol. The quantitative estimate of drug-likeness (QED) is 0.891. The molecule has 1 fully saturated rings. The number of likely N-dealkylation sites (N-methyl/N-ethyl adjacent to an activating group) is 1. The minimum Gasteiger partial charge on any atom is -0.439 e. The highest BCUT2D eigenvalue weighted by atomic mass is 79.9. The van der Waals surface area contributed by atoms with Crippen LogP contribution in [0.2, 0.25) is 0 Å². The van der Waals surface area contributed by atoms with Crippen LogP contribution in [0.15, 0.2) is 47.1 Å². The van der Waals surface area contributed by atoms with Crippen LogP contribution in [0, 0.1) is 0 Å². The van der Waals surface area contributed by atoms with E-state index in [1.807, 2.05) is 24.3 Å². The number of hydrogen-bond acceptors (Lipinski definition) is 4. The van der Waals surface area contributed by atoms with Crippen molar-refractivity contribution in [2.75, 3.05) is 20.1 Å². The molecule has 1 aliphatic heterocycles. The number of rotatable bonds is 4. The first-order valence-electron chi connectivity index (χ1n) is 7.49. The molecule has 0 radical (unpaired) electrons. The summed E-state index contributed by atoms with van der Waals surface area (Å²) in [6.07, 6.45) is 2.53. The van der Waals surface area contributed by atoms with Crippen molar-refractivity contribution in [2.24, 2.45) is 0 Å². The van der Waals surface area contributed by atoms with Gasteiger partial charge in [-0.15, -0.1) is 0 Å². The summed E-state index contributed by atoms with van der Waals surface area (Å²) in [6, 6.07) is 11.2.